The minimum Gasteiger partial charge on any atom is -0.326 e. The highest BCUT2D eigenvalue weighted by Crippen LogP contribution is 2.34. The molecule has 0 aromatic heterocycles. The van der Waals surface area contributed by atoms with Crippen molar-refractivity contribution in [1.29, 1.82) is 0 Å². The van der Waals surface area contributed by atoms with E-state index in [2.05, 4.69) is 36.5 Å². The van der Waals surface area contributed by atoms with Gasteiger partial charge < -0.3 is 11.1 Å². The molecule has 16 heavy (non-hydrogen) atoms. The van der Waals surface area contributed by atoms with E-state index in [0.29, 0.717) is 6.54 Å². The first-order chi connectivity index (χ1) is 7.83. The van der Waals surface area contributed by atoms with E-state index < -0.39 is 0 Å². The zero-order chi connectivity index (χ0) is 11.4. The molecule has 1 aromatic carbocycles. The Kier molecular flexibility index (Phi) is 3.97. The van der Waals surface area contributed by atoms with Crippen LogP contribution in [0.15, 0.2) is 24.3 Å². The molecule has 1 fully saturated rings. The Labute approximate surface area is 98.2 Å². The first kappa shape index (κ1) is 11.6. The van der Waals surface area contributed by atoms with Gasteiger partial charge in [-0.25, -0.2) is 0 Å². The van der Waals surface area contributed by atoms with E-state index in [-0.39, 0.29) is 0 Å². The number of rotatable bonds is 6. The molecule has 1 aromatic rings. The van der Waals surface area contributed by atoms with Crippen LogP contribution in [0.1, 0.15) is 37.3 Å². The Morgan fingerprint density at radius 1 is 1.25 bits per heavy atom. The molecule has 1 saturated carbocycles. The van der Waals surface area contributed by atoms with Crippen molar-refractivity contribution in [2.24, 2.45) is 11.7 Å². The van der Waals surface area contributed by atoms with E-state index >= 15 is 0 Å². The van der Waals surface area contributed by atoms with E-state index in [1.165, 1.54) is 30.4 Å². The molecule has 3 N–H and O–H groups in total. The van der Waals surface area contributed by atoms with Gasteiger partial charge in [-0.1, -0.05) is 37.6 Å². The lowest BCUT2D eigenvalue weighted by molar-refractivity contribution is 0.599. The van der Waals surface area contributed by atoms with Crippen molar-refractivity contribution in [2.75, 3.05) is 0 Å². The van der Waals surface area contributed by atoms with Crippen LogP contribution >= 0.6 is 0 Å². The molecule has 2 heteroatoms. The van der Waals surface area contributed by atoms with Crippen LogP contribution in [0.25, 0.3) is 0 Å². The van der Waals surface area contributed by atoms with Gasteiger partial charge in [0.05, 0.1) is 0 Å². The van der Waals surface area contributed by atoms with Gasteiger partial charge in [0.1, 0.15) is 0 Å². The van der Waals surface area contributed by atoms with Gasteiger partial charge in [-0.3, -0.25) is 0 Å². The van der Waals surface area contributed by atoms with Gasteiger partial charge in [-0.05, 0) is 29.9 Å². The van der Waals surface area contributed by atoms with Crippen molar-refractivity contribution in [3.05, 3.63) is 35.4 Å². The highest BCUT2D eigenvalue weighted by molar-refractivity contribution is 5.22. The van der Waals surface area contributed by atoms with Crippen molar-refractivity contribution in [1.82, 2.24) is 5.32 Å². The lowest BCUT2D eigenvalue weighted by Crippen LogP contribution is -2.17. The van der Waals surface area contributed by atoms with Crippen molar-refractivity contribution >= 4 is 0 Å². The zero-order valence-electron chi connectivity index (χ0n) is 10.1. The lowest BCUT2D eigenvalue weighted by Gasteiger charge is -2.05. The van der Waals surface area contributed by atoms with Crippen molar-refractivity contribution < 1.29 is 0 Å². The van der Waals surface area contributed by atoms with Crippen LogP contribution in [0.2, 0.25) is 0 Å². The number of hydrogen-bond donors (Lipinski definition) is 2. The van der Waals surface area contributed by atoms with Crippen LogP contribution in [0.4, 0.5) is 0 Å². The average molecular weight is 218 g/mol. The largest absolute Gasteiger partial charge is 0.326 e. The Hall–Kier alpha value is -0.860. The summed E-state index contributed by atoms with van der Waals surface area (Å²) in [6.45, 7) is 3.89. The normalized spacial score (nSPS) is 23.4. The van der Waals surface area contributed by atoms with E-state index in [0.717, 1.165) is 18.5 Å². The van der Waals surface area contributed by atoms with Crippen molar-refractivity contribution in [3.63, 3.8) is 0 Å². The number of benzene rings is 1. The summed E-state index contributed by atoms with van der Waals surface area (Å²) in [6, 6.07) is 9.36. The molecule has 0 saturated heterocycles. The third kappa shape index (κ3) is 3.06. The van der Waals surface area contributed by atoms with Gasteiger partial charge in [-0.15, -0.1) is 0 Å². The maximum Gasteiger partial charge on any atom is 0.0208 e. The van der Waals surface area contributed by atoms with Crippen LogP contribution in [0.3, 0.4) is 0 Å². The number of nitrogens with two attached hydrogens (primary N) is 1. The van der Waals surface area contributed by atoms with E-state index in [4.69, 9.17) is 5.73 Å². The highest BCUT2D eigenvalue weighted by Gasteiger charge is 2.35. The Balaban J connectivity index is 1.73. The van der Waals surface area contributed by atoms with E-state index in [1.807, 2.05) is 0 Å². The van der Waals surface area contributed by atoms with Gasteiger partial charge in [-0.2, -0.15) is 0 Å². The van der Waals surface area contributed by atoms with Gasteiger partial charge in [0, 0.05) is 19.1 Å². The van der Waals surface area contributed by atoms with Crippen LogP contribution in [-0.2, 0) is 13.1 Å². The monoisotopic (exact) mass is 218 g/mol. The summed E-state index contributed by atoms with van der Waals surface area (Å²) in [5.41, 5.74) is 8.14. The third-order valence-electron chi connectivity index (χ3n) is 3.41. The Bertz CT molecular complexity index is 318. The summed E-state index contributed by atoms with van der Waals surface area (Å²) in [7, 11) is 0. The van der Waals surface area contributed by atoms with Gasteiger partial charge >= 0.3 is 0 Å². The number of hydrogen-bond acceptors (Lipinski definition) is 2. The molecule has 0 amide bonds. The summed E-state index contributed by atoms with van der Waals surface area (Å²) in [5.74, 6) is 0.938. The molecule has 0 aliphatic heterocycles. The quantitative estimate of drug-likeness (QED) is 0.769. The predicted molar refractivity (Wildman–Crippen MR) is 68.0 cm³/mol. The molecule has 1 aliphatic carbocycles. The molecular weight excluding hydrogens is 196 g/mol. The van der Waals surface area contributed by atoms with Gasteiger partial charge in [0.25, 0.3) is 0 Å². The fourth-order valence-electron chi connectivity index (χ4n) is 2.23. The summed E-state index contributed by atoms with van der Waals surface area (Å²) >= 11 is 0. The van der Waals surface area contributed by atoms with Crippen LogP contribution in [-0.4, -0.2) is 6.04 Å². The smallest absolute Gasteiger partial charge is 0.0208 e. The third-order valence-corrected chi connectivity index (χ3v) is 3.41. The predicted octanol–water partition coefficient (Wildman–Crippen LogP) is 2.42. The molecule has 2 nitrogen and oxygen atoms in total. The maximum atomic E-state index is 5.57. The van der Waals surface area contributed by atoms with Crippen LogP contribution in [0.5, 0.6) is 0 Å². The van der Waals surface area contributed by atoms with Crippen LogP contribution in [0, 0.1) is 5.92 Å². The topological polar surface area (TPSA) is 38.0 Å². The molecule has 0 heterocycles. The first-order valence-electron chi connectivity index (χ1n) is 6.34. The second-order valence-electron chi connectivity index (χ2n) is 4.79. The first-order valence-corrected chi connectivity index (χ1v) is 6.34. The zero-order valence-corrected chi connectivity index (χ0v) is 10.1. The highest BCUT2D eigenvalue weighted by atomic mass is 15.0. The molecule has 0 radical (unpaired) electrons. The van der Waals surface area contributed by atoms with Crippen molar-refractivity contribution in [3.8, 4) is 0 Å². The van der Waals surface area contributed by atoms with E-state index in [9.17, 15) is 0 Å². The summed E-state index contributed by atoms with van der Waals surface area (Å²) in [6.07, 6.45) is 4.06. The van der Waals surface area contributed by atoms with Crippen LogP contribution < -0.4 is 11.1 Å². The minimum absolute atomic E-state index is 0.634. The second-order valence-corrected chi connectivity index (χ2v) is 4.79. The summed E-state index contributed by atoms with van der Waals surface area (Å²) in [4.78, 5) is 0. The van der Waals surface area contributed by atoms with Gasteiger partial charge in [0.15, 0.2) is 0 Å². The van der Waals surface area contributed by atoms with Gasteiger partial charge in [0.2, 0.25) is 0 Å². The SMILES string of the molecule is CCCC1CC1NCc1ccc(CN)cc1. The fraction of sp³-hybridized carbons (Fsp3) is 0.571. The Morgan fingerprint density at radius 2 is 1.94 bits per heavy atom. The average Bonchev–Trinajstić information content (AvgIpc) is 3.06. The number of nitrogens with one attached hydrogen (secondary N) is 1. The van der Waals surface area contributed by atoms with E-state index in [1.54, 1.807) is 0 Å². The Morgan fingerprint density at radius 3 is 2.56 bits per heavy atom. The standard InChI is InChI=1S/C14H22N2/c1-2-3-13-8-14(13)16-10-12-6-4-11(9-15)5-7-12/h4-7,13-14,16H,2-3,8-10,15H2,1H3. The summed E-state index contributed by atoms with van der Waals surface area (Å²) < 4.78 is 0. The second kappa shape index (κ2) is 5.46. The maximum absolute atomic E-state index is 5.57. The summed E-state index contributed by atoms with van der Waals surface area (Å²) in [5, 5.41) is 3.61. The lowest BCUT2D eigenvalue weighted by atomic mass is 10.1. The molecule has 0 spiro atoms. The molecule has 2 rings (SSSR count). The van der Waals surface area contributed by atoms with Crippen molar-refractivity contribution in [2.45, 2.75) is 45.3 Å². The molecule has 0 bridgehead atoms. The molecule has 88 valence electrons. The molecule has 2 atom stereocenters. The fourth-order valence-corrected chi connectivity index (χ4v) is 2.23. The minimum atomic E-state index is 0.634. The molecule has 2 unspecified atom stereocenters. The molecule has 1 aliphatic rings. The molecular formula is C14H22N2.